The minimum Gasteiger partial charge on any atom is -0.508 e. The van der Waals surface area contributed by atoms with Crippen molar-refractivity contribution in [2.24, 2.45) is 0 Å². The molecule has 0 aliphatic carbocycles. The van der Waals surface area contributed by atoms with Crippen molar-refractivity contribution in [3.05, 3.63) is 23.8 Å². The number of anilines is 1. The predicted octanol–water partition coefficient (Wildman–Crippen LogP) is 2.17. The first-order chi connectivity index (χ1) is 5.77. The van der Waals surface area contributed by atoms with E-state index in [-0.39, 0.29) is 11.0 Å². The van der Waals surface area contributed by atoms with Crippen LogP contribution in [0.2, 0.25) is 0 Å². The van der Waals surface area contributed by atoms with Crippen LogP contribution in [0, 0.1) is 0 Å². The molecule has 1 aliphatic heterocycles. The third-order valence-corrected chi connectivity index (χ3v) is 2.53. The molecule has 0 saturated carbocycles. The fourth-order valence-corrected chi connectivity index (χ4v) is 1.89. The van der Waals surface area contributed by atoms with E-state index in [1.165, 1.54) is 0 Å². The number of amides is 1. The van der Waals surface area contributed by atoms with Gasteiger partial charge >= 0.3 is 0 Å². The Bertz CT molecular complexity index is 338. The Labute approximate surface area is 73.8 Å². The van der Waals surface area contributed by atoms with E-state index >= 15 is 0 Å². The summed E-state index contributed by atoms with van der Waals surface area (Å²) < 4.78 is 0. The van der Waals surface area contributed by atoms with Crippen molar-refractivity contribution in [3.63, 3.8) is 0 Å². The molecule has 1 aromatic carbocycles. The van der Waals surface area contributed by atoms with Crippen LogP contribution in [0.25, 0.3) is 0 Å². The lowest BCUT2D eigenvalue weighted by Crippen LogP contribution is -2.12. The molecular formula is C8H7NO2S. The van der Waals surface area contributed by atoms with Crippen molar-refractivity contribution in [2.45, 2.75) is 5.75 Å². The molecule has 12 heavy (non-hydrogen) atoms. The number of phenols is 1. The van der Waals surface area contributed by atoms with Crippen molar-refractivity contribution in [1.82, 2.24) is 0 Å². The van der Waals surface area contributed by atoms with E-state index in [2.05, 4.69) is 5.32 Å². The number of aromatic hydroxyl groups is 1. The maximum Gasteiger partial charge on any atom is 0.283 e. The second-order valence-corrected chi connectivity index (χ2v) is 3.45. The number of carbonyl (C=O) groups excluding carboxylic acids is 1. The number of thioether (sulfide) groups is 1. The highest BCUT2D eigenvalue weighted by Crippen LogP contribution is 2.33. The Balaban J connectivity index is 2.48. The average Bonchev–Trinajstić information content (AvgIpc) is 2.04. The average molecular weight is 181 g/mol. The van der Waals surface area contributed by atoms with Gasteiger partial charge in [0.2, 0.25) is 0 Å². The van der Waals surface area contributed by atoms with Crippen molar-refractivity contribution >= 4 is 22.7 Å². The third kappa shape index (κ3) is 1.14. The van der Waals surface area contributed by atoms with Gasteiger partial charge in [0.1, 0.15) is 5.75 Å². The molecule has 0 atom stereocenters. The van der Waals surface area contributed by atoms with Crippen molar-refractivity contribution in [1.29, 1.82) is 0 Å². The smallest absolute Gasteiger partial charge is 0.283 e. The van der Waals surface area contributed by atoms with Gasteiger partial charge in [-0.15, -0.1) is 0 Å². The Kier molecular flexibility index (Phi) is 1.69. The number of fused-ring (bicyclic) bond motifs is 1. The summed E-state index contributed by atoms with van der Waals surface area (Å²) >= 11 is 1.16. The summed E-state index contributed by atoms with van der Waals surface area (Å²) in [6, 6.07) is 5.12. The largest absolute Gasteiger partial charge is 0.508 e. The molecular weight excluding hydrogens is 174 g/mol. The molecule has 62 valence electrons. The fourth-order valence-electron chi connectivity index (χ4n) is 1.13. The maximum absolute atomic E-state index is 10.9. The van der Waals surface area contributed by atoms with E-state index in [1.807, 2.05) is 0 Å². The second-order valence-electron chi connectivity index (χ2n) is 2.50. The molecule has 4 heteroatoms. The Morgan fingerprint density at radius 2 is 2.33 bits per heavy atom. The quantitative estimate of drug-likeness (QED) is 0.644. The summed E-state index contributed by atoms with van der Waals surface area (Å²) in [5, 5.41) is 12.0. The standard InChI is InChI=1S/C8H7NO2S/c10-7-3-1-2-6-5(7)4-12-8(11)9-6/h1-3,10H,4H2,(H,9,11). The minimum atomic E-state index is -0.0619. The molecule has 0 spiro atoms. The first-order valence-corrected chi connectivity index (χ1v) is 4.50. The molecule has 3 nitrogen and oxygen atoms in total. The van der Waals surface area contributed by atoms with Gasteiger partial charge in [0.05, 0.1) is 0 Å². The first kappa shape index (κ1) is 7.49. The number of hydrogen-bond acceptors (Lipinski definition) is 3. The maximum atomic E-state index is 10.9. The minimum absolute atomic E-state index is 0.0619. The molecule has 2 N–H and O–H groups in total. The highest BCUT2D eigenvalue weighted by Gasteiger charge is 2.17. The van der Waals surface area contributed by atoms with E-state index in [9.17, 15) is 9.90 Å². The van der Waals surface area contributed by atoms with E-state index in [0.29, 0.717) is 5.75 Å². The van der Waals surface area contributed by atoms with Gasteiger partial charge < -0.3 is 10.4 Å². The molecule has 2 rings (SSSR count). The van der Waals surface area contributed by atoms with Crippen LogP contribution in [-0.4, -0.2) is 10.3 Å². The van der Waals surface area contributed by atoms with E-state index < -0.39 is 0 Å². The van der Waals surface area contributed by atoms with Gasteiger partial charge in [-0.25, -0.2) is 0 Å². The number of hydrogen-bond donors (Lipinski definition) is 2. The topological polar surface area (TPSA) is 49.3 Å². The monoisotopic (exact) mass is 181 g/mol. The molecule has 1 heterocycles. The first-order valence-electron chi connectivity index (χ1n) is 3.52. The Hall–Kier alpha value is -1.16. The SMILES string of the molecule is O=C1Nc2cccc(O)c2CS1. The normalized spacial score (nSPS) is 15.2. The van der Waals surface area contributed by atoms with E-state index in [0.717, 1.165) is 23.0 Å². The summed E-state index contributed by atoms with van der Waals surface area (Å²) in [6.45, 7) is 0. The molecule has 0 radical (unpaired) electrons. The number of rotatable bonds is 0. The lowest BCUT2D eigenvalue weighted by molar-refractivity contribution is 0.269. The lowest BCUT2D eigenvalue weighted by Gasteiger charge is -2.16. The number of phenolic OH excluding ortho intramolecular Hbond substituents is 1. The molecule has 0 unspecified atom stereocenters. The second kappa shape index (κ2) is 2.71. The highest BCUT2D eigenvalue weighted by molar-refractivity contribution is 8.13. The Morgan fingerprint density at radius 3 is 3.17 bits per heavy atom. The number of nitrogens with one attached hydrogen (secondary N) is 1. The van der Waals surface area contributed by atoms with E-state index in [1.54, 1.807) is 18.2 Å². The van der Waals surface area contributed by atoms with Gasteiger partial charge in [-0.2, -0.15) is 0 Å². The molecule has 1 aromatic rings. The van der Waals surface area contributed by atoms with E-state index in [4.69, 9.17) is 0 Å². The Morgan fingerprint density at radius 1 is 1.50 bits per heavy atom. The van der Waals surface area contributed by atoms with Gasteiger partial charge in [0.15, 0.2) is 0 Å². The predicted molar refractivity (Wildman–Crippen MR) is 48.4 cm³/mol. The fraction of sp³-hybridized carbons (Fsp3) is 0.125. The summed E-state index contributed by atoms with van der Waals surface area (Å²) in [5.41, 5.74) is 1.53. The van der Waals surface area contributed by atoms with Crippen LogP contribution < -0.4 is 5.32 Å². The molecule has 0 fully saturated rings. The van der Waals surface area contributed by atoms with Crippen molar-refractivity contribution in [2.75, 3.05) is 5.32 Å². The van der Waals surface area contributed by atoms with Gasteiger partial charge in [-0.1, -0.05) is 17.8 Å². The molecule has 0 saturated heterocycles. The zero-order valence-electron chi connectivity index (χ0n) is 6.20. The number of benzene rings is 1. The molecule has 1 aliphatic rings. The van der Waals surface area contributed by atoms with Crippen LogP contribution >= 0.6 is 11.8 Å². The lowest BCUT2D eigenvalue weighted by atomic mass is 10.2. The zero-order valence-corrected chi connectivity index (χ0v) is 7.02. The van der Waals surface area contributed by atoms with Gasteiger partial charge in [0, 0.05) is 17.0 Å². The molecule has 0 bridgehead atoms. The van der Waals surface area contributed by atoms with Crippen LogP contribution in [0.1, 0.15) is 5.56 Å². The van der Waals surface area contributed by atoms with Gasteiger partial charge in [-0.05, 0) is 12.1 Å². The van der Waals surface area contributed by atoms with Crippen LogP contribution in [0.5, 0.6) is 5.75 Å². The van der Waals surface area contributed by atoms with Crippen LogP contribution in [0.15, 0.2) is 18.2 Å². The van der Waals surface area contributed by atoms with Gasteiger partial charge in [-0.3, -0.25) is 4.79 Å². The van der Waals surface area contributed by atoms with Crippen LogP contribution in [-0.2, 0) is 5.75 Å². The highest BCUT2D eigenvalue weighted by atomic mass is 32.2. The van der Waals surface area contributed by atoms with Crippen molar-refractivity contribution < 1.29 is 9.90 Å². The summed E-state index contributed by atoms with van der Waals surface area (Å²) in [6.07, 6.45) is 0. The zero-order chi connectivity index (χ0) is 8.55. The summed E-state index contributed by atoms with van der Waals surface area (Å²) in [4.78, 5) is 10.9. The third-order valence-electron chi connectivity index (χ3n) is 1.74. The summed E-state index contributed by atoms with van der Waals surface area (Å²) in [7, 11) is 0. The van der Waals surface area contributed by atoms with Gasteiger partial charge in [0.25, 0.3) is 5.24 Å². The molecule has 0 aromatic heterocycles. The summed E-state index contributed by atoms with van der Waals surface area (Å²) in [5.74, 6) is 0.799. The van der Waals surface area contributed by atoms with Crippen LogP contribution in [0.4, 0.5) is 10.5 Å². The van der Waals surface area contributed by atoms with Crippen LogP contribution in [0.3, 0.4) is 0 Å². The number of carbonyl (C=O) groups is 1. The van der Waals surface area contributed by atoms with Crippen molar-refractivity contribution in [3.8, 4) is 5.75 Å². The molecule has 1 amide bonds.